The smallest absolute Gasteiger partial charge is 0.338 e. The Balaban J connectivity index is 2.30. The number of hydrogen-bond donors (Lipinski definition) is 0. The van der Waals surface area contributed by atoms with Gasteiger partial charge in [0.2, 0.25) is 0 Å². The molecule has 0 radical (unpaired) electrons. The highest BCUT2D eigenvalue weighted by Gasteiger charge is 2.15. The molecule has 22 heavy (non-hydrogen) atoms. The highest BCUT2D eigenvalue weighted by molar-refractivity contribution is 5.89. The Morgan fingerprint density at radius 1 is 1.23 bits per heavy atom. The van der Waals surface area contributed by atoms with E-state index in [4.69, 9.17) is 4.74 Å². The van der Waals surface area contributed by atoms with Gasteiger partial charge in [0.05, 0.1) is 17.1 Å². The van der Waals surface area contributed by atoms with Crippen LogP contribution in [0.5, 0.6) is 0 Å². The fourth-order valence-corrected chi connectivity index (χ4v) is 2.24. The number of rotatable bonds is 5. The first-order chi connectivity index (χ1) is 10.5. The Morgan fingerprint density at radius 2 is 2.00 bits per heavy atom. The minimum atomic E-state index is -0.386. The number of nitrogens with zero attached hydrogens (tertiary/aromatic N) is 1. The van der Waals surface area contributed by atoms with Crippen molar-refractivity contribution >= 4 is 11.7 Å². The zero-order valence-electron chi connectivity index (χ0n) is 12.5. The predicted molar refractivity (Wildman–Crippen MR) is 83.0 cm³/mol. The van der Waals surface area contributed by atoms with Crippen molar-refractivity contribution in [3.8, 4) is 0 Å². The van der Waals surface area contributed by atoms with Crippen LogP contribution < -0.4 is 0 Å². The van der Waals surface area contributed by atoms with Crippen molar-refractivity contribution in [2.45, 2.75) is 20.3 Å². The van der Waals surface area contributed by atoms with Crippen LogP contribution in [0, 0.1) is 17.0 Å². The van der Waals surface area contributed by atoms with Crippen LogP contribution in [0.25, 0.3) is 0 Å². The molecule has 0 spiro atoms. The third-order valence-electron chi connectivity index (χ3n) is 3.27. The van der Waals surface area contributed by atoms with Gasteiger partial charge >= 0.3 is 5.97 Å². The van der Waals surface area contributed by atoms with Gasteiger partial charge < -0.3 is 4.74 Å². The standard InChI is InChI=1S/C17H17NO4/c1-3-22-17(19)15-6-4-5-13(11-15)10-14-8-7-12(2)9-16(14)18(20)21/h4-9,11H,3,10H2,1-2H3. The minimum absolute atomic E-state index is 0.0986. The maximum Gasteiger partial charge on any atom is 0.338 e. The highest BCUT2D eigenvalue weighted by atomic mass is 16.6. The number of carbonyl (C=O) groups excluding carboxylic acids is 1. The van der Waals surface area contributed by atoms with Gasteiger partial charge in [0.15, 0.2) is 0 Å². The van der Waals surface area contributed by atoms with Crippen LogP contribution in [0.4, 0.5) is 5.69 Å². The van der Waals surface area contributed by atoms with Crippen LogP contribution in [0.3, 0.4) is 0 Å². The third-order valence-corrected chi connectivity index (χ3v) is 3.27. The number of nitro benzene ring substituents is 1. The molecule has 5 nitrogen and oxygen atoms in total. The summed E-state index contributed by atoms with van der Waals surface area (Å²) in [5, 5.41) is 11.2. The van der Waals surface area contributed by atoms with Crippen LogP contribution in [0.2, 0.25) is 0 Å². The summed E-state index contributed by atoms with van der Waals surface area (Å²) < 4.78 is 4.96. The Morgan fingerprint density at radius 3 is 2.68 bits per heavy atom. The number of benzene rings is 2. The fourth-order valence-electron chi connectivity index (χ4n) is 2.24. The highest BCUT2D eigenvalue weighted by Crippen LogP contribution is 2.23. The van der Waals surface area contributed by atoms with E-state index in [2.05, 4.69) is 0 Å². The Bertz CT molecular complexity index is 710. The average molecular weight is 299 g/mol. The van der Waals surface area contributed by atoms with Crippen LogP contribution >= 0.6 is 0 Å². The second kappa shape index (κ2) is 6.85. The number of hydrogen-bond acceptors (Lipinski definition) is 4. The van der Waals surface area contributed by atoms with Gasteiger partial charge in [-0.2, -0.15) is 0 Å². The van der Waals surface area contributed by atoms with Gasteiger partial charge in [-0.15, -0.1) is 0 Å². The van der Waals surface area contributed by atoms with Crippen molar-refractivity contribution in [3.05, 3.63) is 74.8 Å². The van der Waals surface area contributed by atoms with E-state index in [1.165, 1.54) is 0 Å². The van der Waals surface area contributed by atoms with Gasteiger partial charge in [0, 0.05) is 18.1 Å². The van der Waals surface area contributed by atoms with Crippen LogP contribution in [0.1, 0.15) is 34.0 Å². The third kappa shape index (κ3) is 3.69. The normalized spacial score (nSPS) is 10.3. The molecule has 5 heteroatoms. The molecule has 2 rings (SSSR count). The van der Waals surface area contributed by atoms with E-state index < -0.39 is 0 Å². The monoisotopic (exact) mass is 299 g/mol. The SMILES string of the molecule is CCOC(=O)c1cccc(Cc2ccc(C)cc2[N+](=O)[O-])c1. The molecule has 114 valence electrons. The summed E-state index contributed by atoms with van der Waals surface area (Å²) in [6.45, 7) is 3.88. The molecule has 2 aromatic carbocycles. The Kier molecular flexibility index (Phi) is 4.88. The van der Waals surface area contributed by atoms with Crippen molar-refractivity contribution < 1.29 is 14.5 Å². The van der Waals surface area contributed by atoms with Crippen molar-refractivity contribution in [1.29, 1.82) is 0 Å². The first kappa shape index (κ1) is 15.7. The summed E-state index contributed by atoms with van der Waals surface area (Å²) in [6.07, 6.45) is 0.393. The van der Waals surface area contributed by atoms with Crippen molar-refractivity contribution in [3.63, 3.8) is 0 Å². The molecule has 0 bridgehead atoms. The molecule has 0 aliphatic carbocycles. The molecule has 0 aliphatic rings. The summed E-state index contributed by atoms with van der Waals surface area (Å²) in [4.78, 5) is 22.5. The summed E-state index contributed by atoms with van der Waals surface area (Å²) in [5.41, 5.74) is 2.85. The molecule has 0 aromatic heterocycles. The topological polar surface area (TPSA) is 69.4 Å². The molecule has 0 heterocycles. The molecular weight excluding hydrogens is 282 g/mol. The Labute approximate surface area is 128 Å². The molecule has 0 fully saturated rings. The van der Waals surface area contributed by atoms with Crippen molar-refractivity contribution in [1.82, 2.24) is 0 Å². The van der Waals surface area contributed by atoms with E-state index in [1.807, 2.05) is 19.1 Å². The fraction of sp³-hybridized carbons (Fsp3) is 0.235. The number of ether oxygens (including phenoxy) is 1. The van der Waals surface area contributed by atoms with Crippen LogP contribution in [0.15, 0.2) is 42.5 Å². The summed E-state index contributed by atoms with van der Waals surface area (Å²) >= 11 is 0. The van der Waals surface area contributed by atoms with E-state index in [1.54, 1.807) is 37.3 Å². The van der Waals surface area contributed by atoms with Crippen LogP contribution in [-0.2, 0) is 11.2 Å². The Hall–Kier alpha value is -2.69. The maximum atomic E-state index is 11.7. The zero-order chi connectivity index (χ0) is 16.1. The second-order valence-electron chi connectivity index (χ2n) is 4.99. The molecule has 0 amide bonds. The number of nitro groups is 1. The summed E-state index contributed by atoms with van der Waals surface area (Å²) in [5.74, 6) is -0.386. The van der Waals surface area contributed by atoms with Crippen LogP contribution in [-0.4, -0.2) is 17.5 Å². The molecule has 0 atom stereocenters. The molecule has 2 aromatic rings. The molecular formula is C17H17NO4. The molecule has 0 unspecified atom stereocenters. The quantitative estimate of drug-likeness (QED) is 0.480. The first-order valence-electron chi connectivity index (χ1n) is 7.01. The number of carbonyl (C=O) groups is 1. The lowest BCUT2D eigenvalue weighted by Gasteiger charge is -2.07. The van der Waals surface area contributed by atoms with Crippen molar-refractivity contribution in [2.24, 2.45) is 0 Å². The number of aryl methyl sites for hydroxylation is 1. The predicted octanol–water partition coefficient (Wildman–Crippen LogP) is 3.67. The van der Waals surface area contributed by atoms with E-state index in [9.17, 15) is 14.9 Å². The van der Waals surface area contributed by atoms with Gasteiger partial charge in [-0.3, -0.25) is 10.1 Å². The van der Waals surface area contributed by atoms with E-state index in [0.717, 1.165) is 11.1 Å². The van der Waals surface area contributed by atoms with E-state index in [0.29, 0.717) is 24.2 Å². The molecule has 0 saturated carbocycles. The minimum Gasteiger partial charge on any atom is -0.462 e. The summed E-state index contributed by atoms with van der Waals surface area (Å²) in [6, 6.07) is 12.1. The van der Waals surface area contributed by atoms with Gasteiger partial charge in [-0.25, -0.2) is 4.79 Å². The molecule has 0 aliphatic heterocycles. The molecule has 0 N–H and O–H groups in total. The first-order valence-corrected chi connectivity index (χ1v) is 7.01. The van der Waals surface area contributed by atoms with Crippen molar-refractivity contribution in [2.75, 3.05) is 6.61 Å². The molecule has 0 saturated heterocycles. The maximum absolute atomic E-state index is 11.7. The zero-order valence-corrected chi connectivity index (χ0v) is 12.5. The lowest BCUT2D eigenvalue weighted by Crippen LogP contribution is -2.05. The second-order valence-corrected chi connectivity index (χ2v) is 4.99. The van der Waals surface area contributed by atoms with Gasteiger partial charge in [-0.05, 0) is 37.1 Å². The lowest BCUT2D eigenvalue weighted by molar-refractivity contribution is -0.385. The van der Waals surface area contributed by atoms with E-state index >= 15 is 0 Å². The van der Waals surface area contributed by atoms with Gasteiger partial charge in [-0.1, -0.05) is 24.3 Å². The van der Waals surface area contributed by atoms with Gasteiger partial charge in [0.25, 0.3) is 5.69 Å². The van der Waals surface area contributed by atoms with E-state index in [-0.39, 0.29) is 16.6 Å². The van der Waals surface area contributed by atoms with Gasteiger partial charge in [0.1, 0.15) is 0 Å². The summed E-state index contributed by atoms with van der Waals surface area (Å²) in [7, 11) is 0. The lowest BCUT2D eigenvalue weighted by atomic mass is 10.0. The largest absolute Gasteiger partial charge is 0.462 e. The average Bonchev–Trinajstić information content (AvgIpc) is 2.49. The number of esters is 1.